The maximum Gasteiger partial charge on any atom is 1.00 e. The molecule has 2 bridgehead atoms. The van der Waals surface area contributed by atoms with Crippen molar-refractivity contribution in [3.8, 4) is 0 Å². The summed E-state index contributed by atoms with van der Waals surface area (Å²) < 4.78 is 34.9. The van der Waals surface area contributed by atoms with Crippen molar-refractivity contribution in [3.63, 3.8) is 0 Å². The average molecular weight is 400 g/mol. The number of halogens is 1. The zero-order valence-corrected chi connectivity index (χ0v) is 15.6. The number of alkyl halides is 1. The Morgan fingerprint density at radius 2 is 2.15 bits per heavy atom. The number of nitrogens with one attached hydrogen (secondary N) is 1. The number of amides is 3. The van der Waals surface area contributed by atoms with E-state index in [-0.39, 0.29) is 44.1 Å². The summed E-state index contributed by atoms with van der Waals surface area (Å²) in [5, 5.41) is 18.4. The number of carboxylic acids is 1. The Morgan fingerprint density at radius 1 is 1.52 bits per heavy atom. The predicted octanol–water partition coefficient (Wildman–Crippen LogP) is -5.80. The second-order valence-electron chi connectivity index (χ2n) is 5.89. The molecule has 0 radical (unpaired) electrons. The molecule has 0 spiro atoms. The van der Waals surface area contributed by atoms with E-state index in [9.17, 15) is 32.3 Å². The Kier molecular flexibility index (Phi) is 7.82. The van der Waals surface area contributed by atoms with Gasteiger partial charge in [0.25, 0.3) is 6.36 Å². The van der Waals surface area contributed by atoms with Gasteiger partial charge in [0, 0.05) is 6.54 Å². The summed E-state index contributed by atoms with van der Waals surface area (Å²) in [6.45, 7) is 1.61. The molecule has 3 amide bonds. The van der Waals surface area contributed by atoms with Crippen molar-refractivity contribution in [3.05, 3.63) is 11.6 Å². The van der Waals surface area contributed by atoms with Crippen molar-refractivity contribution in [2.24, 2.45) is 5.14 Å². The van der Waals surface area contributed by atoms with Crippen LogP contribution in [-0.2, 0) is 24.4 Å². The van der Waals surface area contributed by atoms with Gasteiger partial charge in [-0.3, -0.25) is 4.79 Å². The van der Waals surface area contributed by atoms with E-state index in [1.54, 1.807) is 6.92 Å². The molecule has 11 nitrogen and oxygen atoms in total. The van der Waals surface area contributed by atoms with Crippen molar-refractivity contribution >= 4 is 27.9 Å². The number of primary sulfonamides is 1. The van der Waals surface area contributed by atoms with Crippen LogP contribution in [0.15, 0.2) is 11.6 Å². The molecule has 0 saturated carbocycles. The zero-order chi connectivity index (χ0) is 19.6. The largest absolute Gasteiger partial charge is 1.00 e. The fourth-order valence-electron chi connectivity index (χ4n) is 2.79. The van der Waals surface area contributed by atoms with Crippen LogP contribution >= 0.6 is 0 Å². The maximum absolute atomic E-state index is 13.2. The van der Waals surface area contributed by atoms with Crippen molar-refractivity contribution in [2.45, 2.75) is 31.8 Å². The first-order valence-electron chi connectivity index (χ1n) is 7.59. The first-order valence-corrected chi connectivity index (χ1v) is 9.31. The number of urea groups is 1. The standard InChI is InChI=1S/C13H19FN4O7S.Li/c1-7-5-8-6-17(13(22)18(8)25-10(14)12(20)21)9(7)11(19)16-3-2-4-26(15,23)24;/h5,8-10H,2-4,6H2,1H3,(H,16,19)(H,20,21)(H2,15,23,24);/q;+1/p-1/t8-,9+,10-;/m1./s1. The molecule has 3 atom stereocenters. The maximum atomic E-state index is 13.2. The number of nitrogens with two attached hydrogens (primary N) is 1. The van der Waals surface area contributed by atoms with Gasteiger partial charge in [0.15, 0.2) is 0 Å². The average Bonchev–Trinajstić information content (AvgIpc) is 2.75. The molecule has 1 saturated heterocycles. The quantitative estimate of drug-likeness (QED) is 0.233. The minimum atomic E-state index is -3.64. The number of rotatable bonds is 8. The van der Waals surface area contributed by atoms with Gasteiger partial charge in [-0.25, -0.2) is 27.6 Å². The van der Waals surface area contributed by atoms with Gasteiger partial charge in [-0.2, -0.15) is 5.06 Å². The van der Waals surface area contributed by atoms with Gasteiger partial charge in [0.1, 0.15) is 12.0 Å². The molecule has 3 N–H and O–H groups in total. The summed E-state index contributed by atoms with van der Waals surface area (Å²) in [4.78, 5) is 40.7. The Morgan fingerprint density at radius 3 is 2.70 bits per heavy atom. The summed E-state index contributed by atoms with van der Waals surface area (Å²) >= 11 is 0. The second kappa shape index (κ2) is 9.03. The number of carbonyl (C=O) groups is 3. The number of nitrogens with zero attached hydrogens (tertiary/aromatic N) is 2. The molecule has 2 heterocycles. The van der Waals surface area contributed by atoms with Crippen LogP contribution in [0, 0.1) is 0 Å². The van der Waals surface area contributed by atoms with E-state index in [1.165, 1.54) is 6.08 Å². The number of carbonyl (C=O) groups excluding carboxylic acids is 3. The number of carboxylic acid groups (broad SMARTS) is 1. The van der Waals surface area contributed by atoms with Crippen LogP contribution in [0.1, 0.15) is 13.3 Å². The van der Waals surface area contributed by atoms with E-state index in [0.717, 1.165) is 4.90 Å². The fourth-order valence-corrected chi connectivity index (χ4v) is 3.34. The van der Waals surface area contributed by atoms with Gasteiger partial charge in [0.05, 0.1) is 18.3 Å². The second-order valence-corrected chi connectivity index (χ2v) is 7.63. The normalized spacial score (nSPS) is 22.8. The van der Waals surface area contributed by atoms with Gasteiger partial charge in [-0.1, -0.05) is 6.08 Å². The third-order valence-corrected chi connectivity index (χ3v) is 4.72. The van der Waals surface area contributed by atoms with Crippen LogP contribution in [0.5, 0.6) is 0 Å². The van der Waals surface area contributed by atoms with Crippen molar-refractivity contribution in [1.29, 1.82) is 0 Å². The van der Waals surface area contributed by atoms with Crippen molar-refractivity contribution in [2.75, 3.05) is 18.8 Å². The number of fused-ring (bicyclic) bond motifs is 2. The minimum Gasteiger partial charge on any atom is -0.544 e. The zero-order valence-electron chi connectivity index (χ0n) is 14.8. The number of hydrogen-bond donors (Lipinski definition) is 2. The molecular formula is C13H18FLiN4O7S. The first kappa shape index (κ1) is 23.4. The molecule has 1 fully saturated rings. The summed E-state index contributed by atoms with van der Waals surface area (Å²) in [7, 11) is -3.64. The van der Waals surface area contributed by atoms with Gasteiger partial charge >= 0.3 is 24.9 Å². The first-order chi connectivity index (χ1) is 12.0. The molecule has 27 heavy (non-hydrogen) atoms. The van der Waals surface area contributed by atoms with Crippen LogP contribution in [0.4, 0.5) is 9.18 Å². The van der Waals surface area contributed by atoms with Crippen LogP contribution in [0.2, 0.25) is 0 Å². The molecule has 0 unspecified atom stereocenters. The Bertz CT molecular complexity index is 747. The summed E-state index contributed by atoms with van der Waals surface area (Å²) in [6, 6.07) is -2.61. The molecule has 14 heteroatoms. The summed E-state index contributed by atoms with van der Waals surface area (Å²) in [5.74, 6) is -2.99. The summed E-state index contributed by atoms with van der Waals surface area (Å²) in [6.07, 6.45) is -1.22. The van der Waals surface area contributed by atoms with Crippen LogP contribution in [0.3, 0.4) is 0 Å². The third-order valence-electron chi connectivity index (χ3n) is 3.86. The molecule has 2 aliphatic heterocycles. The topological polar surface area (TPSA) is 162 Å². The SMILES string of the molecule is CC1=C[C@@H]2CN(C(=O)N2O[C@@H](F)C(=O)[O-])[C@@H]1C(=O)NCCCS(N)(=O)=O.[Li+]. The Balaban J connectivity index is 0.00000364. The van der Waals surface area contributed by atoms with Crippen molar-refractivity contribution < 1.29 is 56.0 Å². The van der Waals surface area contributed by atoms with Gasteiger partial charge in [0.2, 0.25) is 15.9 Å². The monoisotopic (exact) mass is 400 g/mol. The minimum absolute atomic E-state index is 0. The molecule has 0 aliphatic carbocycles. The predicted molar refractivity (Wildman–Crippen MR) is 81.9 cm³/mol. The van der Waals surface area contributed by atoms with Gasteiger partial charge < -0.3 is 20.1 Å². The summed E-state index contributed by atoms with van der Waals surface area (Å²) in [5.41, 5.74) is 0.480. The molecule has 2 rings (SSSR count). The van der Waals surface area contributed by atoms with E-state index in [0.29, 0.717) is 10.6 Å². The number of sulfonamides is 1. The van der Waals surface area contributed by atoms with Gasteiger partial charge in [-0.15, -0.1) is 0 Å². The van der Waals surface area contributed by atoms with Crippen LogP contribution < -0.4 is 34.4 Å². The van der Waals surface area contributed by atoms with E-state index in [4.69, 9.17) is 5.14 Å². The molecule has 2 aliphatic rings. The van der Waals surface area contributed by atoms with Crippen molar-refractivity contribution in [1.82, 2.24) is 15.3 Å². The fraction of sp³-hybridized carbons (Fsp3) is 0.615. The molecular weight excluding hydrogens is 382 g/mol. The smallest absolute Gasteiger partial charge is 0.544 e. The molecule has 146 valence electrons. The molecule has 0 aromatic heterocycles. The Labute approximate surface area is 166 Å². The molecule has 0 aromatic carbocycles. The van der Waals surface area contributed by atoms with E-state index < -0.39 is 46.4 Å². The number of hydroxylamine groups is 2. The third kappa shape index (κ3) is 5.66. The molecule has 0 aromatic rings. The van der Waals surface area contributed by atoms with E-state index in [1.807, 2.05) is 0 Å². The van der Waals surface area contributed by atoms with E-state index >= 15 is 0 Å². The Hall–Kier alpha value is -1.65. The van der Waals surface area contributed by atoms with Crippen LogP contribution in [-0.4, -0.2) is 73.6 Å². The number of aliphatic carboxylic acids is 1. The van der Waals surface area contributed by atoms with E-state index in [2.05, 4.69) is 10.2 Å². The van der Waals surface area contributed by atoms with Gasteiger partial charge in [-0.05, 0) is 18.9 Å². The number of hydrogen-bond acceptors (Lipinski definition) is 7. The van der Waals surface area contributed by atoms with Crippen LogP contribution in [0.25, 0.3) is 0 Å².